The minimum Gasteiger partial charge on any atom is -0.496 e. The molecule has 0 unspecified atom stereocenters. The standard InChI is InChI=1S/C21H17F2N3O3/c1-11-7-15(17(10-25-11)14-5-3-12(22)8-19(14)29-2)21(28)26-13-4-6-18(23)16(9-13)20(24)27/h3-10H,1-2H3,(H2,24,27)(H,26,28). The van der Waals surface area contributed by atoms with Crippen molar-refractivity contribution in [2.75, 3.05) is 12.4 Å². The first-order valence-corrected chi connectivity index (χ1v) is 8.51. The number of ether oxygens (including phenoxy) is 1. The van der Waals surface area contributed by atoms with Crippen LogP contribution in [0.1, 0.15) is 26.4 Å². The van der Waals surface area contributed by atoms with Crippen LogP contribution in [0, 0.1) is 18.6 Å². The van der Waals surface area contributed by atoms with Crippen molar-refractivity contribution in [1.82, 2.24) is 4.98 Å². The van der Waals surface area contributed by atoms with E-state index in [-0.39, 0.29) is 22.6 Å². The number of carbonyl (C=O) groups excluding carboxylic acids is 2. The van der Waals surface area contributed by atoms with E-state index in [2.05, 4.69) is 10.3 Å². The van der Waals surface area contributed by atoms with Gasteiger partial charge in [0.1, 0.15) is 17.4 Å². The molecule has 1 heterocycles. The molecule has 3 rings (SSSR count). The van der Waals surface area contributed by atoms with Crippen molar-refractivity contribution in [2.45, 2.75) is 6.92 Å². The second-order valence-corrected chi connectivity index (χ2v) is 6.23. The molecule has 0 aliphatic rings. The van der Waals surface area contributed by atoms with Gasteiger partial charge in [0, 0.05) is 34.8 Å². The molecule has 0 atom stereocenters. The Bertz CT molecular complexity index is 1120. The van der Waals surface area contributed by atoms with Gasteiger partial charge in [-0.05, 0) is 43.3 Å². The predicted molar refractivity (Wildman–Crippen MR) is 104 cm³/mol. The fourth-order valence-corrected chi connectivity index (χ4v) is 2.84. The molecule has 0 aliphatic heterocycles. The Morgan fingerprint density at radius 3 is 2.48 bits per heavy atom. The SMILES string of the molecule is COc1cc(F)ccc1-c1cnc(C)cc1C(=O)Nc1ccc(F)c(C(N)=O)c1. The Balaban J connectivity index is 2.03. The Labute approximate surface area is 165 Å². The van der Waals surface area contributed by atoms with Crippen molar-refractivity contribution in [3.63, 3.8) is 0 Å². The lowest BCUT2D eigenvalue weighted by atomic mass is 9.99. The van der Waals surface area contributed by atoms with Crippen LogP contribution >= 0.6 is 0 Å². The number of nitrogens with one attached hydrogen (secondary N) is 1. The lowest BCUT2D eigenvalue weighted by molar-refractivity contribution is 0.0992. The zero-order valence-corrected chi connectivity index (χ0v) is 15.6. The molecular weight excluding hydrogens is 380 g/mol. The molecule has 3 aromatic rings. The largest absolute Gasteiger partial charge is 0.496 e. The van der Waals surface area contributed by atoms with Gasteiger partial charge < -0.3 is 15.8 Å². The Hall–Kier alpha value is -3.81. The smallest absolute Gasteiger partial charge is 0.256 e. The van der Waals surface area contributed by atoms with Gasteiger partial charge in [0.2, 0.25) is 0 Å². The van der Waals surface area contributed by atoms with Gasteiger partial charge in [-0.3, -0.25) is 14.6 Å². The number of nitrogens with two attached hydrogens (primary N) is 1. The van der Waals surface area contributed by atoms with Crippen molar-refractivity contribution in [3.05, 3.63) is 77.1 Å². The number of halogens is 2. The van der Waals surface area contributed by atoms with E-state index < -0.39 is 23.4 Å². The summed E-state index contributed by atoms with van der Waals surface area (Å²) >= 11 is 0. The van der Waals surface area contributed by atoms with Crippen LogP contribution in [0.2, 0.25) is 0 Å². The van der Waals surface area contributed by atoms with Gasteiger partial charge >= 0.3 is 0 Å². The number of methoxy groups -OCH3 is 1. The van der Waals surface area contributed by atoms with E-state index in [1.807, 2.05) is 0 Å². The molecule has 0 spiro atoms. The number of pyridine rings is 1. The molecule has 0 aliphatic carbocycles. The molecule has 0 radical (unpaired) electrons. The van der Waals surface area contributed by atoms with Gasteiger partial charge in [0.25, 0.3) is 11.8 Å². The van der Waals surface area contributed by atoms with Gasteiger partial charge in [-0.1, -0.05) is 0 Å². The molecule has 1 aromatic heterocycles. The lowest BCUT2D eigenvalue weighted by Gasteiger charge is -2.14. The van der Waals surface area contributed by atoms with E-state index in [1.54, 1.807) is 13.0 Å². The highest BCUT2D eigenvalue weighted by Crippen LogP contribution is 2.33. The third-order valence-electron chi connectivity index (χ3n) is 4.23. The summed E-state index contributed by atoms with van der Waals surface area (Å²) in [5.74, 6) is -2.51. The summed E-state index contributed by atoms with van der Waals surface area (Å²) in [6.07, 6.45) is 1.49. The number of hydrogen-bond acceptors (Lipinski definition) is 4. The third-order valence-corrected chi connectivity index (χ3v) is 4.23. The van der Waals surface area contributed by atoms with Gasteiger partial charge in [-0.2, -0.15) is 0 Å². The van der Waals surface area contributed by atoms with Crippen LogP contribution in [0.4, 0.5) is 14.5 Å². The van der Waals surface area contributed by atoms with E-state index in [9.17, 15) is 18.4 Å². The number of benzene rings is 2. The maximum absolute atomic E-state index is 13.7. The van der Waals surface area contributed by atoms with Crippen molar-refractivity contribution in [1.29, 1.82) is 0 Å². The monoisotopic (exact) mass is 397 g/mol. The van der Waals surface area contributed by atoms with Crippen LogP contribution in [0.5, 0.6) is 5.75 Å². The van der Waals surface area contributed by atoms with Crippen molar-refractivity contribution >= 4 is 17.5 Å². The molecule has 0 bridgehead atoms. The van der Waals surface area contributed by atoms with Crippen LogP contribution in [0.15, 0.2) is 48.7 Å². The second kappa shape index (κ2) is 8.05. The summed E-state index contributed by atoms with van der Waals surface area (Å²) in [6.45, 7) is 1.71. The molecule has 2 amide bonds. The lowest BCUT2D eigenvalue weighted by Crippen LogP contribution is -2.17. The Morgan fingerprint density at radius 2 is 1.79 bits per heavy atom. The first kappa shape index (κ1) is 19.9. The molecule has 29 heavy (non-hydrogen) atoms. The van der Waals surface area contributed by atoms with Crippen molar-refractivity contribution in [2.24, 2.45) is 5.73 Å². The molecule has 0 fully saturated rings. The number of hydrogen-bond donors (Lipinski definition) is 2. The van der Waals surface area contributed by atoms with Crippen molar-refractivity contribution in [3.8, 4) is 16.9 Å². The topological polar surface area (TPSA) is 94.3 Å². The zero-order valence-electron chi connectivity index (χ0n) is 15.6. The fourth-order valence-electron chi connectivity index (χ4n) is 2.84. The van der Waals surface area contributed by atoms with Gasteiger partial charge in [-0.15, -0.1) is 0 Å². The van der Waals surface area contributed by atoms with Crippen LogP contribution in [0.3, 0.4) is 0 Å². The number of amides is 2. The number of aryl methyl sites for hydroxylation is 1. The quantitative estimate of drug-likeness (QED) is 0.686. The fraction of sp³-hybridized carbons (Fsp3) is 0.0952. The highest BCUT2D eigenvalue weighted by Gasteiger charge is 2.18. The summed E-state index contributed by atoms with van der Waals surface area (Å²) in [6, 6.07) is 9.01. The first-order chi connectivity index (χ1) is 13.8. The van der Waals surface area contributed by atoms with E-state index in [0.717, 1.165) is 12.1 Å². The third kappa shape index (κ3) is 4.21. The number of carbonyl (C=O) groups is 2. The maximum atomic E-state index is 13.7. The summed E-state index contributed by atoms with van der Waals surface area (Å²) in [7, 11) is 1.39. The normalized spacial score (nSPS) is 10.5. The van der Waals surface area contributed by atoms with Crippen LogP contribution in [-0.4, -0.2) is 23.9 Å². The van der Waals surface area contributed by atoms with Crippen LogP contribution < -0.4 is 15.8 Å². The molecular formula is C21H17F2N3O3. The summed E-state index contributed by atoms with van der Waals surface area (Å²) < 4.78 is 32.4. The maximum Gasteiger partial charge on any atom is 0.256 e. The molecule has 0 saturated carbocycles. The van der Waals surface area contributed by atoms with Crippen LogP contribution in [-0.2, 0) is 0 Å². The zero-order chi connectivity index (χ0) is 21.1. The summed E-state index contributed by atoms with van der Waals surface area (Å²) in [4.78, 5) is 28.5. The van der Waals surface area contributed by atoms with Gasteiger partial charge in [-0.25, -0.2) is 8.78 Å². The van der Waals surface area contributed by atoms with E-state index in [0.29, 0.717) is 16.8 Å². The van der Waals surface area contributed by atoms with Crippen LogP contribution in [0.25, 0.3) is 11.1 Å². The number of primary amides is 1. The highest BCUT2D eigenvalue weighted by molar-refractivity contribution is 6.09. The molecule has 6 nitrogen and oxygen atoms in total. The van der Waals surface area contributed by atoms with Gasteiger partial charge in [0.15, 0.2) is 0 Å². The number of nitrogens with zero attached hydrogens (tertiary/aromatic N) is 1. The van der Waals surface area contributed by atoms with Crippen molar-refractivity contribution < 1.29 is 23.1 Å². The highest BCUT2D eigenvalue weighted by atomic mass is 19.1. The summed E-state index contributed by atoms with van der Waals surface area (Å²) in [5.41, 5.74) is 6.72. The molecule has 8 heteroatoms. The van der Waals surface area contributed by atoms with Gasteiger partial charge in [0.05, 0.1) is 18.2 Å². The average molecular weight is 397 g/mol. The number of rotatable bonds is 5. The van der Waals surface area contributed by atoms with E-state index in [4.69, 9.17) is 10.5 Å². The van der Waals surface area contributed by atoms with E-state index in [1.165, 1.54) is 37.6 Å². The second-order valence-electron chi connectivity index (χ2n) is 6.23. The minimum atomic E-state index is -0.949. The molecule has 3 N–H and O–H groups in total. The number of anilines is 1. The summed E-state index contributed by atoms with van der Waals surface area (Å²) in [5, 5.41) is 2.61. The average Bonchev–Trinajstić information content (AvgIpc) is 2.69. The molecule has 148 valence electrons. The number of aromatic nitrogens is 1. The predicted octanol–water partition coefficient (Wildman–Crippen LogP) is 3.70. The molecule has 2 aromatic carbocycles. The molecule has 0 saturated heterocycles. The Kier molecular flexibility index (Phi) is 5.54. The van der Waals surface area contributed by atoms with E-state index >= 15 is 0 Å². The first-order valence-electron chi connectivity index (χ1n) is 8.51. The Morgan fingerprint density at radius 1 is 1.03 bits per heavy atom. The minimum absolute atomic E-state index is 0.191.